The van der Waals surface area contributed by atoms with Gasteiger partial charge in [0.25, 0.3) is 5.89 Å². The molecule has 1 atom stereocenters. The Kier molecular flexibility index (Phi) is 4.52. The molecule has 1 aliphatic heterocycles. The summed E-state index contributed by atoms with van der Waals surface area (Å²) in [4.78, 5) is 18.1. The lowest BCUT2D eigenvalue weighted by Gasteiger charge is -2.17. The summed E-state index contributed by atoms with van der Waals surface area (Å²) in [6.45, 7) is 1.28. The van der Waals surface area contributed by atoms with Crippen LogP contribution in [-0.2, 0) is 11.3 Å². The average molecular weight is 320 g/mol. The highest BCUT2D eigenvalue weighted by Gasteiger charge is 2.30. The van der Waals surface area contributed by atoms with Crippen molar-refractivity contribution in [2.75, 3.05) is 25.5 Å². The zero-order valence-corrected chi connectivity index (χ0v) is 12.7. The molecular formula is C15H17FN4O3. The maximum atomic E-state index is 13.6. The molecule has 1 N–H and O–H groups in total. The number of anilines is 1. The van der Waals surface area contributed by atoms with Crippen LogP contribution in [0.3, 0.4) is 0 Å². The second kappa shape index (κ2) is 6.74. The normalized spacial score (nSPS) is 17.5. The summed E-state index contributed by atoms with van der Waals surface area (Å²) in [5.41, 5.74) is 0.169. The van der Waals surface area contributed by atoms with E-state index in [0.29, 0.717) is 24.8 Å². The van der Waals surface area contributed by atoms with E-state index in [1.165, 1.54) is 12.1 Å². The molecule has 1 aliphatic rings. The van der Waals surface area contributed by atoms with Gasteiger partial charge in [0.15, 0.2) is 5.82 Å². The number of urea groups is 1. The quantitative estimate of drug-likeness (QED) is 0.935. The van der Waals surface area contributed by atoms with Crippen molar-refractivity contribution in [1.82, 2.24) is 15.0 Å². The van der Waals surface area contributed by atoms with Crippen LogP contribution in [0, 0.1) is 5.82 Å². The van der Waals surface area contributed by atoms with Gasteiger partial charge in [-0.15, -0.1) is 0 Å². The molecule has 7 nitrogen and oxygen atoms in total. The maximum Gasteiger partial charge on any atom is 0.321 e. The number of rotatable bonds is 4. The Bertz CT molecular complexity index is 691. The molecule has 0 saturated carbocycles. The minimum absolute atomic E-state index is 0.00993. The lowest BCUT2D eigenvalue weighted by atomic mass is 10.1. The van der Waals surface area contributed by atoms with Gasteiger partial charge in [-0.1, -0.05) is 17.3 Å². The number of methoxy groups -OCH3 is 1. The highest BCUT2D eigenvalue weighted by atomic mass is 19.1. The number of nitrogens with one attached hydrogen (secondary N) is 1. The Morgan fingerprint density at radius 1 is 1.52 bits per heavy atom. The molecule has 1 unspecified atom stereocenters. The predicted octanol–water partition coefficient (Wildman–Crippen LogP) is 2.38. The minimum Gasteiger partial charge on any atom is -0.375 e. The van der Waals surface area contributed by atoms with Crippen LogP contribution in [0.15, 0.2) is 28.8 Å². The predicted molar refractivity (Wildman–Crippen MR) is 79.4 cm³/mol. The van der Waals surface area contributed by atoms with Crippen molar-refractivity contribution in [1.29, 1.82) is 0 Å². The van der Waals surface area contributed by atoms with Crippen LogP contribution in [-0.4, -0.2) is 41.3 Å². The molecule has 0 radical (unpaired) electrons. The van der Waals surface area contributed by atoms with Crippen molar-refractivity contribution in [3.63, 3.8) is 0 Å². The van der Waals surface area contributed by atoms with Crippen molar-refractivity contribution < 1.29 is 18.4 Å². The summed E-state index contributed by atoms with van der Waals surface area (Å²) < 4.78 is 23.6. The molecule has 8 heteroatoms. The highest BCUT2D eigenvalue weighted by Crippen LogP contribution is 2.26. The van der Waals surface area contributed by atoms with Gasteiger partial charge in [-0.3, -0.25) is 0 Å². The number of para-hydroxylation sites is 1. The third kappa shape index (κ3) is 3.48. The first kappa shape index (κ1) is 15.4. The molecule has 1 aromatic heterocycles. The fraction of sp³-hybridized carbons (Fsp3) is 0.400. The molecule has 0 spiro atoms. The summed E-state index contributed by atoms with van der Waals surface area (Å²) in [7, 11) is 1.55. The maximum absolute atomic E-state index is 13.6. The van der Waals surface area contributed by atoms with Gasteiger partial charge >= 0.3 is 6.03 Å². The second-order valence-corrected chi connectivity index (χ2v) is 5.32. The van der Waals surface area contributed by atoms with E-state index in [4.69, 9.17) is 9.26 Å². The zero-order chi connectivity index (χ0) is 16.2. The van der Waals surface area contributed by atoms with E-state index < -0.39 is 5.82 Å². The highest BCUT2D eigenvalue weighted by molar-refractivity contribution is 5.89. The van der Waals surface area contributed by atoms with Crippen LogP contribution < -0.4 is 5.32 Å². The molecule has 1 fully saturated rings. The first-order chi connectivity index (χ1) is 11.2. The largest absolute Gasteiger partial charge is 0.375 e. The van der Waals surface area contributed by atoms with E-state index in [-0.39, 0.29) is 24.2 Å². The molecular weight excluding hydrogens is 303 g/mol. The summed E-state index contributed by atoms with van der Waals surface area (Å²) >= 11 is 0. The topological polar surface area (TPSA) is 80.5 Å². The lowest BCUT2D eigenvalue weighted by molar-refractivity contribution is 0.151. The van der Waals surface area contributed by atoms with Crippen LogP contribution >= 0.6 is 0 Å². The molecule has 2 amide bonds. The van der Waals surface area contributed by atoms with E-state index in [1.54, 1.807) is 24.1 Å². The van der Waals surface area contributed by atoms with Crippen LogP contribution in [0.2, 0.25) is 0 Å². The van der Waals surface area contributed by atoms with Crippen molar-refractivity contribution in [3.05, 3.63) is 41.8 Å². The Hall–Kier alpha value is -2.48. The van der Waals surface area contributed by atoms with Crippen molar-refractivity contribution in [2.45, 2.75) is 18.9 Å². The third-order valence-corrected chi connectivity index (χ3v) is 3.71. The number of ether oxygens (including phenoxy) is 1. The number of likely N-dealkylation sites (tertiary alicyclic amines) is 1. The van der Waals surface area contributed by atoms with E-state index in [9.17, 15) is 9.18 Å². The average Bonchev–Trinajstić information content (AvgIpc) is 3.18. The molecule has 23 heavy (non-hydrogen) atoms. The summed E-state index contributed by atoms with van der Waals surface area (Å²) in [6.07, 6.45) is 0.733. The fourth-order valence-corrected chi connectivity index (χ4v) is 2.53. The van der Waals surface area contributed by atoms with E-state index in [1.807, 2.05) is 0 Å². The number of carbonyl (C=O) groups excluding carboxylic acids is 1. The SMILES string of the molecule is COCc1nc(C2CCN(C(=O)Nc3ccccc3F)C2)no1. The molecule has 2 heterocycles. The molecule has 1 aromatic carbocycles. The zero-order valence-electron chi connectivity index (χ0n) is 12.7. The Morgan fingerprint density at radius 2 is 2.35 bits per heavy atom. The number of benzene rings is 1. The van der Waals surface area contributed by atoms with Crippen LogP contribution in [0.4, 0.5) is 14.9 Å². The second-order valence-electron chi connectivity index (χ2n) is 5.32. The van der Waals surface area contributed by atoms with E-state index in [2.05, 4.69) is 15.5 Å². The molecule has 122 valence electrons. The van der Waals surface area contributed by atoms with Crippen molar-refractivity contribution >= 4 is 11.7 Å². The number of halogens is 1. The van der Waals surface area contributed by atoms with Gasteiger partial charge in [0, 0.05) is 26.1 Å². The Morgan fingerprint density at radius 3 is 3.13 bits per heavy atom. The van der Waals surface area contributed by atoms with E-state index >= 15 is 0 Å². The van der Waals surface area contributed by atoms with Crippen molar-refractivity contribution in [2.24, 2.45) is 0 Å². The molecule has 3 rings (SSSR count). The summed E-state index contributed by atoms with van der Waals surface area (Å²) in [5, 5.41) is 6.50. The van der Waals surface area contributed by atoms with Crippen LogP contribution in [0.5, 0.6) is 0 Å². The van der Waals surface area contributed by atoms with E-state index in [0.717, 1.165) is 6.42 Å². The smallest absolute Gasteiger partial charge is 0.321 e. The number of hydrogen-bond acceptors (Lipinski definition) is 5. The fourth-order valence-electron chi connectivity index (χ4n) is 2.53. The lowest BCUT2D eigenvalue weighted by Crippen LogP contribution is -2.33. The number of carbonyl (C=O) groups is 1. The number of nitrogens with zero attached hydrogens (tertiary/aromatic N) is 3. The van der Waals surface area contributed by atoms with Gasteiger partial charge in [-0.25, -0.2) is 9.18 Å². The molecule has 0 aliphatic carbocycles. The Balaban J connectivity index is 1.60. The first-order valence-corrected chi connectivity index (χ1v) is 7.29. The van der Waals surface area contributed by atoms with Crippen LogP contribution in [0.1, 0.15) is 24.1 Å². The molecule has 1 saturated heterocycles. The van der Waals surface area contributed by atoms with Gasteiger partial charge < -0.3 is 19.5 Å². The summed E-state index contributed by atoms with van der Waals surface area (Å²) in [6, 6.07) is 5.74. The van der Waals surface area contributed by atoms with Gasteiger partial charge in [0.05, 0.1) is 5.69 Å². The third-order valence-electron chi connectivity index (χ3n) is 3.71. The van der Waals surface area contributed by atoms with Crippen LogP contribution in [0.25, 0.3) is 0 Å². The standard InChI is InChI=1S/C15H17FN4O3/c1-22-9-13-18-14(19-23-13)10-6-7-20(8-10)15(21)17-12-5-3-2-4-11(12)16/h2-5,10H,6-9H2,1H3,(H,17,21). The Labute approximate surface area is 132 Å². The van der Waals surface area contributed by atoms with Crippen molar-refractivity contribution in [3.8, 4) is 0 Å². The number of amides is 2. The van der Waals surface area contributed by atoms with Gasteiger partial charge in [-0.05, 0) is 18.6 Å². The van der Waals surface area contributed by atoms with Gasteiger partial charge in [0.2, 0.25) is 0 Å². The first-order valence-electron chi connectivity index (χ1n) is 7.29. The monoisotopic (exact) mass is 320 g/mol. The van der Waals surface area contributed by atoms with Gasteiger partial charge in [-0.2, -0.15) is 4.98 Å². The number of aromatic nitrogens is 2. The van der Waals surface area contributed by atoms with Gasteiger partial charge in [0.1, 0.15) is 12.4 Å². The number of hydrogen-bond donors (Lipinski definition) is 1. The molecule has 2 aromatic rings. The molecule has 0 bridgehead atoms. The minimum atomic E-state index is -0.459. The summed E-state index contributed by atoms with van der Waals surface area (Å²) in [5.74, 6) is 0.532.